The van der Waals surface area contributed by atoms with Crippen LogP contribution in [0.25, 0.3) is 0 Å². The molecule has 18 heavy (non-hydrogen) atoms. The number of methoxy groups -OCH3 is 2. The summed E-state index contributed by atoms with van der Waals surface area (Å²) in [5, 5.41) is 10.4. The fourth-order valence-electron chi connectivity index (χ4n) is 1.40. The summed E-state index contributed by atoms with van der Waals surface area (Å²) in [5.74, 6) is 0.589. The van der Waals surface area contributed by atoms with E-state index in [2.05, 4.69) is 0 Å². The summed E-state index contributed by atoms with van der Waals surface area (Å²) in [7, 11) is 3.15. The van der Waals surface area contributed by atoms with Crippen LogP contribution in [0.2, 0.25) is 0 Å². The van der Waals surface area contributed by atoms with Gasteiger partial charge in [0.25, 0.3) is 5.91 Å². The van der Waals surface area contributed by atoms with E-state index in [1.165, 1.54) is 11.3 Å². The minimum absolute atomic E-state index is 0.0874. The number of rotatable bonds is 7. The van der Waals surface area contributed by atoms with Gasteiger partial charge in [-0.2, -0.15) is 5.26 Å². The van der Waals surface area contributed by atoms with E-state index >= 15 is 0 Å². The molecular formula is C12H16N2O3S. The molecule has 1 rings (SSSR count). The van der Waals surface area contributed by atoms with E-state index in [9.17, 15) is 4.79 Å². The Morgan fingerprint density at radius 2 is 2.28 bits per heavy atom. The first-order chi connectivity index (χ1) is 8.72. The van der Waals surface area contributed by atoms with Crippen molar-refractivity contribution in [1.82, 2.24) is 4.90 Å². The third-order valence-electron chi connectivity index (χ3n) is 2.37. The van der Waals surface area contributed by atoms with Gasteiger partial charge in [-0.3, -0.25) is 4.79 Å². The maximum atomic E-state index is 12.2. The smallest absolute Gasteiger partial charge is 0.264 e. The highest BCUT2D eigenvalue weighted by molar-refractivity contribution is 7.12. The Bertz CT molecular complexity index is 425. The van der Waals surface area contributed by atoms with Gasteiger partial charge in [-0.1, -0.05) is 0 Å². The second kappa shape index (κ2) is 7.69. The van der Waals surface area contributed by atoms with E-state index in [-0.39, 0.29) is 5.91 Å². The van der Waals surface area contributed by atoms with Gasteiger partial charge in [-0.15, -0.1) is 11.3 Å². The average Bonchev–Trinajstić information content (AvgIpc) is 2.87. The van der Waals surface area contributed by atoms with Crippen LogP contribution in [0, 0.1) is 11.3 Å². The second-order valence-corrected chi connectivity index (χ2v) is 4.46. The molecule has 0 bridgehead atoms. The van der Waals surface area contributed by atoms with Crippen molar-refractivity contribution < 1.29 is 14.3 Å². The summed E-state index contributed by atoms with van der Waals surface area (Å²) < 4.78 is 10.0. The van der Waals surface area contributed by atoms with Crippen LogP contribution in [0.3, 0.4) is 0 Å². The van der Waals surface area contributed by atoms with E-state index in [0.717, 1.165) is 0 Å². The zero-order valence-electron chi connectivity index (χ0n) is 10.5. The van der Waals surface area contributed by atoms with Crippen LogP contribution < -0.4 is 4.74 Å². The number of nitriles is 1. The van der Waals surface area contributed by atoms with Crippen molar-refractivity contribution in [3.05, 3.63) is 16.3 Å². The molecule has 0 aliphatic heterocycles. The molecule has 0 atom stereocenters. The monoisotopic (exact) mass is 268 g/mol. The lowest BCUT2D eigenvalue weighted by Gasteiger charge is -2.20. The summed E-state index contributed by atoms with van der Waals surface area (Å²) in [6.45, 7) is 1.36. The third kappa shape index (κ3) is 4.02. The lowest BCUT2D eigenvalue weighted by atomic mass is 10.3. The SMILES string of the molecule is COCCN(CCC#N)C(=O)c1cc(OC)cs1. The molecule has 1 heterocycles. The van der Waals surface area contributed by atoms with Crippen molar-refractivity contribution in [1.29, 1.82) is 5.26 Å². The van der Waals surface area contributed by atoms with Crippen LogP contribution in [0.4, 0.5) is 0 Å². The topological polar surface area (TPSA) is 62.6 Å². The molecule has 0 aliphatic rings. The van der Waals surface area contributed by atoms with Crippen molar-refractivity contribution in [2.45, 2.75) is 6.42 Å². The molecule has 0 N–H and O–H groups in total. The molecule has 1 aromatic rings. The molecule has 0 spiro atoms. The molecule has 0 aliphatic carbocycles. The van der Waals surface area contributed by atoms with Crippen molar-refractivity contribution in [3.63, 3.8) is 0 Å². The molecule has 6 heteroatoms. The zero-order chi connectivity index (χ0) is 13.4. The largest absolute Gasteiger partial charge is 0.496 e. The number of carbonyl (C=O) groups is 1. The Labute approximate surface area is 111 Å². The van der Waals surface area contributed by atoms with Gasteiger partial charge in [-0.25, -0.2) is 0 Å². The minimum Gasteiger partial charge on any atom is -0.496 e. The molecule has 0 unspecified atom stereocenters. The first-order valence-electron chi connectivity index (χ1n) is 5.50. The Kier molecular flexibility index (Phi) is 6.19. The third-order valence-corrected chi connectivity index (χ3v) is 3.26. The van der Waals surface area contributed by atoms with Crippen LogP contribution in [0.5, 0.6) is 5.75 Å². The summed E-state index contributed by atoms with van der Waals surface area (Å²) in [6.07, 6.45) is 0.317. The average molecular weight is 268 g/mol. The molecule has 0 saturated heterocycles. The van der Waals surface area contributed by atoms with Crippen LogP contribution in [0.15, 0.2) is 11.4 Å². The normalized spacial score (nSPS) is 9.83. The van der Waals surface area contributed by atoms with E-state index < -0.39 is 0 Å². The Morgan fingerprint density at radius 3 is 2.83 bits per heavy atom. The molecule has 0 saturated carbocycles. The number of hydrogen-bond donors (Lipinski definition) is 0. The quantitative estimate of drug-likeness (QED) is 0.756. The van der Waals surface area contributed by atoms with E-state index in [4.69, 9.17) is 14.7 Å². The Morgan fingerprint density at radius 1 is 1.50 bits per heavy atom. The van der Waals surface area contributed by atoms with Gasteiger partial charge < -0.3 is 14.4 Å². The van der Waals surface area contributed by atoms with Crippen LogP contribution in [-0.2, 0) is 4.74 Å². The minimum atomic E-state index is -0.0874. The predicted molar refractivity (Wildman–Crippen MR) is 68.9 cm³/mol. The number of ether oxygens (including phenoxy) is 2. The van der Waals surface area contributed by atoms with Crippen LogP contribution >= 0.6 is 11.3 Å². The number of nitrogens with zero attached hydrogens (tertiary/aromatic N) is 2. The molecule has 98 valence electrons. The standard InChI is InChI=1S/C12H16N2O3S/c1-16-7-6-14(5-3-4-13)12(15)11-8-10(17-2)9-18-11/h8-9H,3,5-7H2,1-2H3. The summed E-state index contributed by atoms with van der Waals surface area (Å²) in [5.41, 5.74) is 0. The predicted octanol–water partition coefficient (Wildman–Crippen LogP) is 1.76. The Balaban J connectivity index is 2.70. The van der Waals surface area contributed by atoms with Gasteiger partial charge in [0.05, 0.1) is 31.1 Å². The van der Waals surface area contributed by atoms with Gasteiger partial charge in [-0.05, 0) is 0 Å². The maximum Gasteiger partial charge on any atom is 0.264 e. The molecule has 0 aromatic carbocycles. The summed E-state index contributed by atoms with van der Waals surface area (Å²) in [6, 6.07) is 3.75. The number of hydrogen-bond acceptors (Lipinski definition) is 5. The lowest BCUT2D eigenvalue weighted by molar-refractivity contribution is 0.0704. The highest BCUT2D eigenvalue weighted by atomic mass is 32.1. The molecule has 1 amide bonds. The molecule has 0 fully saturated rings. The molecular weight excluding hydrogens is 252 g/mol. The van der Waals surface area contributed by atoms with Gasteiger partial charge in [0.2, 0.25) is 0 Å². The van der Waals surface area contributed by atoms with Gasteiger partial charge in [0.1, 0.15) is 5.75 Å². The van der Waals surface area contributed by atoms with Gasteiger partial charge in [0.15, 0.2) is 0 Å². The van der Waals surface area contributed by atoms with E-state index in [1.54, 1.807) is 30.6 Å². The number of carbonyl (C=O) groups excluding carboxylic acids is 1. The first-order valence-corrected chi connectivity index (χ1v) is 6.38. The lowest BCUT2D eigenvalue weighted by Crippen LogP contribution is -2.34. The van der Waals surface area contributed by atoms with Gasteiger partial charge >= 0.3 is 0 Å². The number of thiophene rings is 1. The second-order valence-electron chi connectivity index (χ2n) is 3.54. The van der Waals surface area contributed by atoms with E-state index in [1.807, 2.05) is 6.07 Å². The van der Waals surface area contributed by atoms with Crippen molar-refractivity contribution >= 4 is 17.2 Å². The fourth-order valence-corrected chi connectivity index (χ4v) is 2.22. The van der Waals surface area contributed by atoms with E-state index in [0.29, 0.717) is 36.7 Å². The van der Waals surface area contributed by atoms with Gasteiger partial charge in [0, 0.05) is 31.6 Å². The van der Waals surface area contributed by atoms with Crippen molar-refractivity contribution in [2.75, 3.05) is 33.9 Å². The molecule has 5 nitrogen and oxygen atoms in total. The van der Waals surface area contributed by atoms with Crippen LogP contribution in [0.1, 0.15) is 16.1 Å². The molecule has 0 radical (unpaired) electrons. The number of amides is 1. The van der Waals surface area contributed by atoms with Crippen molar-refractivity contribution in [3.8, 4) is 11.8 Å². The first kappa shape index (κ1) is 14.5. The molecule has 1 aromatic heterocycles. The fraction of sp³-hybridized carbons (Fsp3) is 0.500. The maximum absolute atomic E-state index is 12.2. The summed E-state index contributed by atoms with van der Waals surface area (Å²) in [4.78, 5) is 14.4. The van der Waals surface area contributed by atoms with Crippen LogP contribution in [-0.4, -0.2) is 44.7 Å². The highest BCUT2D eigenvalue weighted by Crippen LogP contribution is 2.22. The Hall–Kier alpha value is -1.58. The summed E-state index contributed by atoms with van der Waals surface area (Å²) >= 11 is 1.34. The zero-order valence-corrected chi connectivity index (χ0v) is 11.3. The van der Waals surface area contributed by atoms with Crippen molar-refractivity contribution in [2.24, 2.45) is 0 Å². The highest BCUT2D eigenvalue weighted by Gasteiger charge is 2.17.